The molecular weight excluding hydrogens is 220 g/mol. The minimum absolute atomic E-state index is 0.389. The highest BCUT2D eigenvalue weighted by Gasteiger charge is 2.34. The molecule has 100 valence electrons. The molecule has 0 bridgehead atoms. The van der Waals surface area contributed by atoms with Gasteiger partial charge in [0.15, 0.2) is 0 Å². The number of nitrogens with zero attached hydrogens (tertiary/aromatic N) is 1. The van der Waals surface area contributed by atoms with Gasteiger partial charge in [-0.3, -0.25) is 4.90 Å². The second kappa shape index (κ2) is 5.85. The van der Waals surface area contributed by atoms with Gasteiger partial charge >= 0.3 is 0 Å². The summed E-state index contributed by atoms with van der Waals surface area (Å²) < 4.78 is 0. The van der Waals surface area contributed by atoms with Gasteiger partial charge < -0.3 is 5.73 Å². The highest BCUT2D eigenvalue weighted by molar-refractivity contribution is 5.26. The molecule has 0 radical (unpaired) electrons. The summed E-state index contributed by atoms with van der Waals surface area (Å²) in [5.41, 5.74) is 8.76. The number of aryl methyl sites for hydroxylation is 1. The van der Waals surface area contributed by atoms with Gasteiger partial charge in [-0.15, -0.1) is 0 Å². The molecule has 1 saturated carbocycles. The minimum atomic E-state index is 0.389. The first-order valence-electron chi connectivity index (χ1n) is 7.14. The van der Waals surface area contributed by atoms with Crippen molar-refractivity contribution >= 4 is 0 Å². The van der Waals surface area contributed by atoms with Crippen LogP contribution in [0, 0.1) is 12.8 Å². The van der Waals surface area contributed by atoms with Crippen LogP contribution in [0.5, 0.6) is 0 Å². The average Bonchev–Trinajstić information content (AvgIpc) is 3.12. The number of nitrogens with two attached hydrogens (primary N) is 1. The van der Waals surface area contributed by atoms with Crippen molar-refractivity contribution in [3.8, 4) is 0 Å². The largest absolute Gasteiger partial charge is 0.329 e. The molecule has 2 nitrogen and oxygen atoms in total. The Kier molecular flexibility index (Phi) is 4.41. The van der Waals surface area contributed by atoms with Gasteiger partial charge in [0, 0.05) is 25.2 Å². The van der Waals surface area contributed by atoms with Crippen LogP contribution < -0.4 is 5.73 Å². The van der Waals surface area contributed by atoms with Crippen LogP contribution in [0.1, 0.15) is 43.9 Å². The summed E-state index contributed by atoms with van der Waals surface area (Å²) >= 11 is 0. The van der Waals surface area contributed by atoms with Crippen LogP contribution in [0.25, 0.3) is 0 Å². The second-order valence-corrected chi connectivity index (χ2v) is 5.99. The van der Waals surface area contributed by atoms with E-state index in [1.54, 1.807) is 0 Å². The summed E-state index contributed by atoms with van der Waals surface area (Å²) in [6.45, 7) is 8.60. The highest BCUT2D eigenvalue weighted by atomic mass is 15.2. The Morgan fingerprint density at radius 1 is 1.33 bits per heavy atom. The Labute approximate surface area is 111 Å². The molecule has 1 aliphatic carbocycles. The van der Waals surface area contributed by atoms with Crippen molar-refractivity contribution in [3.05, 3.63) is 35.4 Å². The lowest BCUT2D eigenvalue weighted by molar-refractivity contribution is 0.169. The molecule has 0 aliphatic heterocycles. The van der Waals surface area contributed by atoms with Crippen molar-refractivity contribution in [2.45, 2.75) is 45.7 Å². The maximum absolute atomic E-state index is 6.06. The zero-order valence-electron chi connectivity index (χ0n) is 11.9. The predicted molar refractivity (Wildman–Crippen MR) is 77.5 cm³/mol. The van der Waals surface area contributed by atoms with Crippen molar-refractivity contribution in [1.82, 2.24) is 4.90 Å². The van der Waals surface area contributed by atoms with E-state index in [1.165, 1.54) is 24.0 Å². The normalized spacial score (nSPS) is 17.4. The molecular formula is C16H26N2. The van der Waals surface area contributed by atoms with Gasteiger partial charge in [0.1, 0.15) is 0 Å². The minimum Gasteiger partial charge on any atom is -0.329 e. The zero-order valence-corrected chi connectivity index (χ0v) is 11.9. The van der Waals surface area contributed by atoms with Crippen LogP contribution >= 0.6 is 0 Å². The van der Waals surface area contributed by atoms with Crippen molar-refractivity contribution in [2.24, 2.45) is 11.7 Å². The maximum atomic E-state index is 6.06. The molecule has 0 amide bonds. The van der Waals surface area contributed by atoms with E-state index in [-0.39, 0.29) is 0 Å². The van der Waals surface area contributed by atoms with Gasteiger partial charge in [-0.2, -0.15) is 0 Å². The van der Waals surface area contributed by atoms with Gasteiger partial charge in [0.25, 0.3) is 0 Å². The summed E-state index contributed by atoms with van der Waals surface area (Å²) in [6.07, 6.45) is 2.68. The average molecular weight is 246 g/mol. The predicted octanol–water partition coefficient (Wildman–Crippen LogP) is 3.12. The van der Waals surface area contributed by atoms with Gasteiger partial charge in [0.05, 0.1) is 0 Å². The van der Waals surface area contributed by atoms with Gasteiger partial charge in [-0.1, -0.05) is 43.7 Å². The molecule has 0 heterocycles. The molecule has 18 heavy (non-hydrogen) atoms. The molecule has 1 unspecified atom stereocenters. The number of rotatable bonds is 6. The molecule has 1 aromatic rings. The summed E-state index contributed by atoms with van der Waals surface area (Å²) in [7, 11) is 0. The van der Waals surface area contributed by atoms with Crippen LogP contribution in [-0.4, -0.2) is 24.0 Å². The quantitative estimate of drug-likeness (QED) is 0.835. The van der Waals surface area contributed by atoms with Crippen LogP contribution in [0.15, 0.2) is 24.3 Å². The molecule has 1 aromatic carbocycles. The van der Waals surface area contributed by atoms with E-state index < -0.39 is 0 Å². The van der Waals surface area contributed by atoms with E-state index >= 15 is 0 Å². The van der Waals surface area contributed by atoms with E-state index in [4.69, 9.17) is 5.73 Å². The lowest BCUT2D eigenvalue weighted by Crippen LogP contribution is -2.38. The standard InChI is InChI=1S/C16H26N2/c1-12(2)11-18(15-7-8-15)16(10-17)14-6-4-5-13(3)9-14/h4-6,9,12,15-16H,7-8,10-11,17H2,1-3H3. The van der Waals surface area contributed by atoms with E-state index in [0.29, 0.717) is 18.5 Å². The first-order chi connectivity index (χ1) is 8.61. The first kappa shape index (κ1) is 13.6. The second-order valence-electron chi connectivity index (χ2n) is 5.99. The molecule has 0 saturated heterocycles. The first-order valence-corrected chi connectivity index (χ1v) is 7.14. The topological polar surface area (TPSA) is 29.3 Å². The lowest BCUT2D eigenvalue weighted by Gasteiger charge is -2.33. The van der Waals surface area contributed by atoms with Gasteiger partial charge in [0.2, 0.25) is 0 Å². The van der Waals surface area contributed by atoms with E-state index in [1.807, 2.05) is 0 Å². The molecule has 0 aromatic heterocycles. The Morgan fingerprint density at radius 3 is 2.56 bits per heavy atom. The summed E-state index contributed by atoms with van der Waals surface area (Å²) in [5.74, 6) is 0.699. The molecule has 2 heteroatoms. The van der Waals surface area contributed by atoms with Crippen molar-refractivity contribution in [1.29, 1.82) is 0 Å². The van der Waals surface area contributed by atoms with Crippen molar-refractivity contribution < 1.29 is 0 Å². The molecule has 1 atom stereocenters. The molecule has 0 spiro atoms. The summed E-state index contributed by atoms with van der Waals surface area (Å²) in [6, 6.07) is 9.96. The summed E-state index contributed by atoms with van der Waals surface area (Å²) in [4.78, 5) is 2.62. The van der Waals surface area contributed by atoms with Crippen molar-refractivity contribution in [3.63, 3.8) is 0 Å². The third kappa shape index (κ3) is 3.33. The smallest absolute Gasteiger partial charge is 0.0473 e. The fourth-order valence-corrected chi connectivity index (χ4v) is 2.70. The van der Waals surface area contributed by atoms with Crippen molar-refractivity contribution in [2.75, 3.05) is 13.1 Å². The Morgan fingerprint density at radius 2 is 2.06 bits per heavy atom. The molecule has 2 N–H and O–H groups in total. The number of hydrogen-bond acceptors (Lipinski definition) is 2. The van der Waals surface area contributed by atoms with Crippen LogP contribution in [0.2, 0.25) is 0 Å². The fourth-order valence-electron chi connectivity index (χ4n) is 2.70. The summed E-state index contributed by atoms with van der Waals surface area (Å²) in [5, 5.41) is 0. The Bertz CT molecular complexity index is 382. The van der Waals surface area contributed by atoms with Crippen LogP contribution in [0.3, 0.4) is 0 Å². The van der Waals surface area contributed by atoms with E-state index in [9.17, 15) is 0 Å². The zero-order chi connectivity index (χ0) is 13.1. The van der Waals surface area contributed by atoms with Crippen LogP contribution in [-0.2, 0) is 0 Å². The number of benzene rings is 1. The van der Waals surface area contributed by atoms with Crippen LogP contribution in [0.4, 0.5) is 0 Å². The van der Waals surface area contributed by atoms with Gasteiger partial charge in [-0.25, -0.2) is 0 Å². The SMILES string of the molecule is Cc1cccc(C(CN)N(CC(C)C)C2CC2)c1. The Hall–Kier alpha value is -0.860. The number of hydrogen-bond donors (Lipinski definition) is 1. The highest BCUT2D eigenvalue weighted by Crippen LogP contribution is 2.34. The molecule has 2 rings (SSSR count). The third-order valence-electron chi connectivity index (χ3n) is 3.64. The van der Waals surface area contributed by atoms with E-state index in [2.05, 4.69) is 49.9 Å². The third-order valence-corrected chi connectivity index (χ3v) is 3.64. The van der Waals surface area contributed by atoms with E-state index in [0.717, 1.165) is 12.6 Å². The van der Waals surface area contributed by atoms with Gasteiger partial charge in [-0.05, 0) is 31.2 Å². The monoisotopic (exact) mass is 246 g/mol. The Balaban J connectivity index is 2.19. The molecule has 1 aliphatic rings. The molecule has 1 fully saturated rings. The fraction of sp³-hybridized carbons (Fsp3) is 0.625. The maximum Gasteiger partial charge on any atom is 0.0473 e. The lowest BCUT2D eigenvalue weighted by atomic mass is 10.0.